The van der Waals surface area contributed by atoms with Crippen molar-refractivity contribution in [2.24, 2.45) is 0 Å². The van der Waals surface area contributed by atoms with E-state index in [2.05, 4.69) is 48.1 Å². The molecular weight excluding hydrogens is 427 g/mol. The number of benzene rings is 1. The highest BCUT2D eigenvalue weighted by molar-refractivity contribution is 5.66. The highest BCUT2D eigenvalue weighted by atomic mass is 19.1. The number of piperidine rings is 1. The second-order valence-electron chi connectivity index (χ2n) is 9.13. The predicted molar refractivity (Wildman–Crippen MR) is 137 cm³/mol. The van der Waals surface area contributed by atoms with Gasteiger partial charge in [-0.15, -0.1) is 0 Å². The van der Waals surface area contributed by atoms with E-state index in [0.29, 0.717) is 11.5 Å². The third kappa shape index (κ3) is 6.08. The van der Waals surface area contributed by atoms with Crippen LogP contribution in [0.15, 0.2) is 48.7 Å². The lowest BCUT2D eigenvalue weighted by molar-refractivity contribution is 0.246. The fourth-order valence-electron chi connectivity index (χ4n) is 4.56. The number of aromatic nitrogens is 3. The minimum Gasteiger partial charge on any atom is -0.357 e. The van der Waals surface area contributed by atoms with E-state index in [1.54, 1.807) is 6.07 Å². The maximum Gasteiger partial charge on any atom is 0.135 e. The van der Waals surface area contributed by atoms with Crippen molar-refractivity contribution in [3.8, 4) is 11.3 Å². The van der Waals surface area contributed by atoms with Crippen LogP contribution < -0.4 is 10.2 Å². The number of hydrogen-bond donors (Lipinski definition) is 1. The third-order valence-electron chi connectivity index (χ3n) is 6.18. The number of pyridine rings is 1. The molecule has 180 valence electrons. The second kappa shape index (κ2) is 11.4. The predicted octanol–water partition coefficient (Wildman–Crippen LogP) is 5.86. The molecule has 7 heteroatoms. The Hall–Kier alpha value is -3.06. The van der Waals surface area contributed by atoms with Gasteiger partial charge in [0.2, 0.25) is 0 Å². The molecule has 1 aliphatic heterocycles. The standard InChI is InChI=1S/C27H35FN6/c1-4-13-34(14-5-2)26-12-11-20(18-29-26)24-17-25(30-23-10-6-9-22(28)16-23)32-27(31-24)21-8-7-15-33(3)19-21/h6,9-12,16-18,21H,4-5,7-8,13-15,19H2,1-3H3,(H,30,31,32). The quantitative estimate of drug-likeness (QED) is 0.430. The first-order chi connectivity index (χ1) is 16.6. The number of halogens is 1. The Labute approximate surface area is 202 Å². The molecule has 6 nitrogen and oxygen atoms in total. The van der Waals surface area contributed by atoms with E-state index >= 15 is 0 Å². The Balaban J connectivity index is 1.67. The van der Waals surface area contributed by atoms with Gasteiger partial charge in [-0.2, -0.15) is 0 Å². The Kier molecular flexibility index (Phi) is 8.06. The lowest BCUT2D eigenvalue weighted by atomic mass is 9.97. The van der Waals surface area contributed by atoms with Crippen LogP contribution in [0.1, 0.15) is 51.3 Å². The molecule has 3 aromatic rings. The summed E-state index contributed by atoms with van der Waals surface area (Å²) in [5.74, 6) is 2.47. The van der Waals surface area contributed by atoms with Gasteiger partial charge in [-0.25, -0.2) is 19.3 Å². The first-order valence-corrected chi connectivity index (χ1v) is 12.4. The maximum atomic E-state index is 13.7. The Morgan fingerprint density at radius 2 is 1.91 bits per heavy atom. The van der Waals surface area contributed by atoms with Crippen molar-refractivity contribution in [1.29, 1.82) is 0 Å². The summed E-state index contributed by atoms with van der Waals surface area (Å²) >= 11 is 0. The summed E-state index contributed by atoms with van der Waals surface area (Å²) in [6.45, 7) is 8.40. The van der Waals surface area contributed by atoms with E-state index in [1.165, 1.54) is 12.1 Å². The smallest absolute Gasteiger partial charge is 0.135 e. The van der Waals surface area contributed by atoms with Gasteiger partial charge in [0, 0.05) is 49.1 Å². The normalized spacial score (nSPS) is 16.4. The highest BCUT2D eigenvalue weighted by Crippen LogP contribution is 2.29. The van der Waals surface area contributed by atoms with Crippen LogP contribution >= 0.6 is 0 Å². The molecule has 0 radical (unpaired) electrons. The monoisotopic (exact) mass is 462 g/mol. The first-order valence-electron chi connectivity index (χ1n) is 12.4. The van der Waals surface area contributed by atoms with Crippen LogP contribution in [-0.2, 0) is 0 Å². The summed E-state index contributed by atoms with van der Waals surface area (Å²) in [7, 11) is 2.14. The van der Waals surface area contributed by atoms with Gasteiger partial charge < -0.3 is 15.1 Å². The van der Waals surface area contributed by atoms with Crippen molar-refractivity contribution in [1.82, 2.24) is 19.9 Å². The molecule has 2 aromatic heterocycles. The molecule has 1 fully saturated rings. The van der Waals surface area contributed by atoms with Crippen LogP contribution in [0, 0.1) is 5.82 Å². The van der Waals surface area contributed by atoms with Gasteiger partial charge in [0.05, 0.1) is 5.69 Å². The van der Waals surface area contributed by atoms with Gasteiger partial charge in [0.15, 0.2) is 0 Å². The van der Waals surface area contributed by atoms with Crippen molar-refractivity contribution in [2.45, 2.75) is 45.4 Å². The molecule has 1 unspecified atom stereocenters. The summed E-state index contributed by atoms with van der Waals surface area (Å²) in [5, 5.41) is 3.28. The molecule has 1 aliphatic rings. The molecule has 0 saturated carbocycles. The van der Waals surface area contributed by atoms with E-state index in [1.807, 2.05) is 18.3 Å². The van der Waals surface area contributed by atoms with Gasteiger partial charge in [-0.05, 0) is 69.6 Å². The van der Waals surface area contributed by atoms with E-state index in [0.717, 1.165) is 74.8 Å². The van der Waals surface area contributed by atoms with Crippen molar-refractivity contribution < 1.29 is 4.39 Å². The highest BCUT2D eigenvalue weighted by Gasteiger charge is 2.23. The number of anilines is 3. The van der Waals surface area contributed by atoms with Crippen LogP contribution in [0.4, 0.5) is 21.7 Å². The summed E-state index contributed by atoms with van der Waals surface area (Å²) in [4.78, 5) is 19.2. The molecule has 0 amide bonds. The Morgan fingerprint density at radius 1 is 1.09 bits per heavy atom. The molecule has 4 rings (SSSR count). The zero-order chi connectivity index (χ0) is 23.9. The Morgan fingerprint density at radius 3 is 2.59 bits per heavy atom. The van der Waals surface area contributed by atoms with Crippen LogP contribution in [-0.4, -0.2) is 53.1 Å². The first kappa shape index (κ1) is 24.1. The topological polar surface area (TPSA) is 57.2 Å². The minimum atomic E-state index is -0.281. The zero-order valence-corrected chi connectivity index (χ0v) is 20.5. The minimum absolute atomic E-state index is 0.267. The van der Waals surface area contributed by atoms with Crippen LogP contribution in [0.3, 0.4) is 0 Å². The summed E-state index contributed by atoms with van der Waals surface area (Å²) < 4.78 is 13.7. The van der Waals surface area contributed by atoms with E-state index < -0.39 is 0 Å². The van der Waals surface area contributed by atoms with Gasteiger partial charge in [-0.3, -0.25) is 0 Å². The zero-order valence-electron chi connectivity index (χ0n) is 20.5. The molecule has 3 heterocycles. The fraction of sp³-hybridized carbons (Fsp3) is 0.444. The Bertz CT molecular complexity index is 1060. The van der Waals surface area contributed by atoms with E-state index in [4.69, 9.17) is 15.0 Å². The van der Waals surface area contributed by atoms with Crippen molar-refractivity contribution in [2.75, 3.05) is 43.4 Å². The number of nitrogens with one attached hydrogen (secondary N) is 1. The molecule has 34 heavy (non-hydrogen) atoms. The number of likely N-dealkylation sites (N-methyl/N-ethyl adjacent to an activating group) is 1. The number of rotatable bonds is 9. The molecule has 0 bridgehead atoms. The van der Waals surface area contributed by atoms with Gasteiger partial charge in [-0.1, -0.05) is 19.9 Å². The summed E-state index contributed by atoms with van der Waals surface area (Å²) in [5.41, 5.74) is 2.44. The van der Waals surface area contributed by atoms with E-state index in [-0.39, 0.29) is 11.7 Å². The van der Waals surface area contributed by atoms with Crippen molar-refractivity contribution in [3.05, 3.63) is 60.3 Å². The molecule has 0 spiro atoms. The maximum absolute atomic E-state index is 13.7. The van der Waals surface area contributed by atoms with Gasteiger partial charge in [0.1, 0.15) is 23.3 Å². The molecular formula is C27H35FN6. The molecule has 1 aromatic carbocycles. The summed E-state index contributed by atoms with van der Waals surface area (Å²) in [6.07, 6.45) is 6.27. The lowest BCUT2D eigenvalue weighted by Crippen LogP contribution is -2.31. The SMILES string of the molecule is CCCN(CCC)c1ccc(-c2cc(Nc3cccc(F)c3)nc(C3CCCN(C)C3)n2)cn1. The van der Waals surface area contributed by atoms with Crippen LogP contribution in [0.25, 0.3) is 11.3 Å². The van der Waals surface area contributed by atoms with Crippen LogP contribution in [0.2, 0.25) is 0 Å². The number of hydrogen-bond acceptors (Lipinski definition) is 6. The second-order valence-corrected chi connectivity index (χ2v) is 9.13. The van der Waals surface area contributed by atoms with Gasteiger partial charge >= 0.3 is 0 Å². The molecule has 1 N–H and O–H groups in total. The molecule has 0 aliphatic carbocycles. The summed E-state index contributed by atoms with van der Waals surface area (Å²) in [6, 6.07) is 12.5. The van der Waals surface area contributed by atoms with E-state index in [9.17, 15) is 4.39 Å². The van der Waals surface area contributed by atoms with Crippen molar-refractivity contribution >= 4 is 17.3 Å². The number of nitrogens with zero attached hydrogens (tertiary/aromatic N) is 5. The van der Waals surface area contributed by atoms with Gasteiger partial charge in [0.25, 0.3) is 0 Å². The fourth-order valence-corrected chi connectivity index (χ4v) is 4.56. The van der Waals surface area contributed by atoms with Crippen LogP contribution in [0.5, 0.6) is 0 Å². The molecule has 1 atom stereocenters. The average molecular weight is 463 g/mol. The molecule has 1 saturated heterocycles. The largest absolute Gasteiger partial charge is 0.357 e. The number of likely N-dealkylation sites (tertiary alicyclic amines) is 1. The third-order valence-corrected chi connectivity index (χ3v) is 6.18. The lowest BCUT2D eigenvalue weighted by Gasteiger charge is -2.29. The van der Waals surface area contributed by atoms with Crippen molar-refractivity contribution in [3.63, 3.8) is 0 Å². The average Bonchev–Trinajstić information content (AvgIpc) is 2.84.